The Morgan fingerprint density at radius 1 is 0.688 bits per heavy atom. The monoisotopic (exact) mass is 486 g/mol. The highest BCUT2D eigenvalue weighted by atomic mass is 28.4. The van der Waals surface area contributed by atoms with Crippen LogP contribution in [-0.2, 0) is 36.7 Å². The number of rotatable bonds is 18. The summed E-state index contributed by atoms with van der Waals surface area (Å²) in [4.78, 5) is 0. The number of ether oxygens (including phenoxy) is 4. The molecule has 0 bridgehead atoms. The van der Waals surface area contributed by atoms with Gasteiger partial charge in [-0.05, 0) is 35.3 Å². The molecule has 3 rings (SSSR count). The maximum absolute atomic E-state index is 5.97. The third-order valence-corrected chi connectivity index (χ3v) is 13.2. The molecule has 182 valence electrons. The third kappa shape index (κ3) is 7.16. The third-order valence-electron chi connectivity index (χ3n) is 6.08. The van der Waals surface area contributed by atoms with Crippen LogP contribution in [0.15, 0.2) is 24.3 Å². The molecule has 2 atom stereocenters. The van der Waals surface area contributed by atoms with Crippen molar-refractivity contribution in [3.05, 3.63) is 24.3 Å². The van der Waals surface area contributed by atoms with Crippen LogP contribution < -0.4 is 10.4 Å². The summed E-state index contributed by atoms with van der Waals surface area (Å²) in [5, 5.41) is 2.19. The lowest BCUT2D eigenvalue weighted by Gasteiger charge is -2.30. The van der Waals surface area contributed by atoms with Gasteiger partial charge in [-0.1, -0.05) is 24.3 Å². The van der Waals surface area contributed by atoms with Crippen molar-refractivity contribution in [2.75, 3.05) is 68.1 Å². The van der Waals surface area contributed by atoms with Crippen LogP contribution in [0.25, 0.3) is 0 Å². The van der Waals surface area contributed by atoms with Crippen molar-refractivity contribution in [2.24, 2.45) is 0 Å². The fourth-order valence-electron chi connectivity index (χ4n) is 3.89. The van der Waals surface area contributed by atoms with E-state index in [0.717, 1.165) is 48.5 Å². The van der Waals surface area contributed by atoms with Crippen LogP contribution in [0.3, 0.4) is 0 Å². The molecule has 32 heavy (non-hydrogen) atoms. The van der Waals surface area contributed by atoms with Crippen LogP contribution in [0.4, 0.5) is 0 Å². The standard InChI is InChI=1S/C22H38O8Si2/c1-23-31(24-2,13-5-11-27-15-19-17-29-19)21-7-9-22(10-8-21)32(25-3,26-4)14-6-12-28-16-20-18-30-20/h7-10,19-20H,5-6,11-18H2,1-4H3. The van der Waals surface area contributed by atoms with Gasteiger partial charge in [0.15, 0.2) is 0 Å². The van der Waals surface area contributed by atoms with Crippen molar-refractivity contribution in [3.8, 4) is 0 Å². The number of benzene rings is 1. The normalized spacial score (nSPS) is 20.5. The summed E-state index contributed by atoms with van der Waals surface area (Å²) >= 11 is 0. The number of hydrogen-bond donors (Lipinski definition) is 0. The fraction of sp³-hybridized carbons (Fsp3) is 0.727. The van der Waals surface area contributed by atoms with Crippen molar-refractivity contribution in [1.29, 1.82) is 0 Å². The van der Waals surface area contributed by atoms with Gasteiger partial charge in [0.1, 0.15) is 12.2 Å². The molecule has 2 aliphatic rings. The van der Waals surface area contributed by atoms with Gasteiger partial charge in [0.2, 0.25) is 0 Å². The first-order valence-electron chi connectivity index (χ1n) is 11.3. The molecule has 0 saturated carbocycles. The minimum Gasteiger partial charge on any atom is -0.394 e. The van der Waals surface area contributed by atoms with E-state index in [0.29, 0.717) is 38.6 Å². The summed E-state index contributed by atoms with van der Waals surface area (Å²) < 4.78 is 45.6. The highest BCUT2D eigenvalue weighted by Gasteiger charge is 2.41. The van der Waals surface area contributed by atoms with Gasteiger partial charge in [-0.25, -0.2) is 0 Å². The minimum absolute atomic E-state index is 0.291. The zero-order valence-electron chi connectivity index (χ0n) is 19.8. The summed E-state index contributed by atoms with van der Waals surface area (Å²) in [7, 11) is 1.87. The second kappa shape index (κ2) is 12.7. The Morgan fingerprint density at radius 2 is 1.03 bits per heavy atom. The largest absolute Gasteiger partial charge is 0.394 e. The van der Waals surface area contributed by atoms with Crippen molar-refractivity contribution >= 4 is 27.5 Å². The molecule has 0 spiro atoms. The minimum atomic E-state index is -2.53. The number of hydrogen-bond acceptors (Lipinski definition) is 8. The Kier molecular flexibility index (Phi) is 10.3. The smallest absolute Gasteiger partial charge is 0.372 e. The van der Waals surface area contributed by atoms with Crippen molar-refractivity contribution in [3.63, 3.8) is 0 Å². The van der Waals surface area contributed by atoms with Crippen molar-refractivity contribution in [2.45, 2.75) is 37.1 Å². The van der Waals surface area contributed by atoms with Crippen molar-refractivity contribution in [1.82, 2.24) is 0 Å². The predicted molar refractivity (Wildman–Crippen MR) is 125 cm³/mol. The van der Waals surface area contributed by atoms with Gasteiger partial charge in [-0.3, -0.25) is 0 Å². The molecule has 8 nitrogen and oxygen atoms in total. The zero-order valence-corrected chi connectivity index (χ0v) is 21.8. The molecule has 0 aliphatic carbocycles. The van der Waals surface area contributed by atoms with Gasteiger partial charge in [-0.2, -0.15) is 0 Å². The van der Waals surface area contributed by atoms with E-state index in [4.69, 9.17) is 36.7 Å². The first-order valence-corrected chi connectivity index (χ1v) is 15.4. The molecule has 0 amide bonds. The topological polar surface area (TPSA) is 80.4 Å². The van der Waals surface area contributed by atoms with Crippen LogP contribution in [0, 0.1) is 0 Å². The van der Waals surface area contributed by atoms with Gasteiger partial charge in [0.25, 0.3) is 0 Å². The summed E-state index contributed by atoms with van der Waals surface area (Å²) in [6.45, 7) is 4.33. The fourth-order valence-corrected chi connectivity index (χ4v) is 9.12. The van der Waals surface area contributed by atoms with Gasteiger partial charge in [0, 0.05) is 41.7 Å². The molecule has 2 saturated heterocycles. The average molecular weight is 487 g/mol. The van der Waals surface area contributed by atoms with E-state index in [1.54, 1.807) is 28.4 Å². The lowest BCUT2D eigenvalue weighted by molar-refractivity contribution is 0.115. The van der Waals surface area contributed by atoms with Crippen molar-refractivity contribution < 1.29 is 36.7 Å². The Bertz CT molecular complexity index is 601. The second-order valence-corrected chi connectivity index (χ2v) is 15.0. The molecule has 0 radical (unpaired) electrons. The highest BCUT2D eigenvalue weighted by molar-refractivity contribution is 6.82. The average Bonchev–Trinajstić information content (AvgIpc) is 3.76. The van der Waals surface area contributed by atoms with E-state index in [-0.39, 0.29) is 0 Å². The first-order chi connectivity index (χ1) is 15.6. The Morgan fingerprint density at radius 3 is 1.31 bits per heavy atom. The highest BCUT2D eigenvalue weighted by Crippen LogP contribution is 2.19. The SMILES string of the molecule is CO[Si](CCCOCC1CO1)(OC)c1ccc([Si](CCCOCC2CO2)(OC)OC)cc1. The van der Waals surface area contributed by atoms with Gasteiger partial charge in [-0.15, -0.1) is 0 Å². The molecule has 10 heteroatoms. The Labute approximate surface area is 193 Å². The first kappa shape index (κ1) is 25.9. The van der Waals surface area contributed by atoms with E-state index < -0.39 is 17.1 Å². The molecule has 2 fully saturated rings. The van der Waals surface area contributed by atoms with E-state index in [1.807, 2.05) is 0 Å². The molecular formula is C22H38O8Si2. The second-order valence-electron chi connectivity index (χ2n) is 8.17. The van der Waals surface area contributed by atoms with E-state index >= 15 is 0 Å². The molecule has 0 N–H and O–H groups in total. The van der Waals surface area contributed by atoms with Crippen LogP contribution in [0.2, 0.25) is 12.1 Å². The lowest BCUT2D eigenvalue weighted by atomic mass is 10.4. The molecular weight excluding hydrogens is 448 g/mol. The molecule has 2 unspecified atom stereocenters. The van der Waals surface area contributed by atoms with Gasteiger partial charge >= 0.3 is 17.1 Å². The summed E-state index contributed by atoms with van der Waals surface area (Å²) in [5.74, 6) is 0. The maximum Gasteiger partial charge on any atom is 0.372 e. The Balaban J connectivity index is 1.57. The van der Waals surface area contributed by atoms with E-state index in [9.17, 15) is 0 Å². The quantitative estimate of drug-likeness (QED) is 0.174. The lowest BCUT2D eigenvalue weighted by Crippen LogP contribution is -2.55. The molecule has 1 aromatic carbocycles. The summed E-state index contributed by atoms with van der Waals surface area (Å²) in [6, 6.07) is 10.1. The predicted octanol–water partition coefficient (Wildman–Crippen LogP) is 1.18. The van der Waals surface area contributed by atoms with Gasteiger partial charge < -0.3 is 36.7 Å². The van der Waals surface area contributed by atoms with Gasteiger partial charge in [0.05, 0.1) is 26.4 Å². The molecule has 2 aliphatic heterocycles. The molecule has 1 aromatic rings. The van der Waals surface area contributed by atoms with E-state index in [2.05, 4.69) is 24.3 Å². The summed E-state index contributed by atoms with van der Waals surface area (Å²) in [5.41, 5.74) is 0. The number of epoxide rings is 2. The maximum atomic E-state index is 5.97. The molecule has 2 heterocycles. The molecule has 0 aromatic heterocycles. The summed E-state index contributed by atoms with van der Waals surface area (Å²) in [6.07, 6.45) is 2.34. The Hall–Kier alpha value is -0.666. The van der Waals surface area contributed by atoms with Crippen LogP contribution in [-0.4, -0.2) is 97.4 Å². The zero-order chi connectivity index (χ0) is 22.9. The van der Waals surface area contributed by atoms with E-state index in [1.165, 1.54) is 0 Å². The van der Waals surface area contributed by atoms with Crippen LogP contribution in [0.5, 0.6) is 0 Å². The van der Waals surface area contributed by atoms with Crippen LogP contribution in [0.1, 0.15) is 12.8 Å². The van der Waals surface area contributed by atoms with Crippen LogP contribution >= 0.6 is 0 Å².